The third kappa shape index (κ3) is 3.88. The van der Waals surface area contributed by atoms with E-state index in [-0.39, 0.29) is 0 Å². The fraction of sp³-hybridized carbons (Fsp3) is 0.562. The van der Waals surface area contributed by atoms with Crippen LogP contribution in [0.1, 0.15) is 51.5 Å². The molecule has 0 aromatic heterocycles. The molecule has 1 fully saturated rings. The normalized spacial score (nSPS) is 22.3. The van der Waals surface area contributed by atoms with Gasteiger partial charge in [0.15, 0.2) is 0 Å². The second kappa shape index (κ2) is 5.84. The Bertz CT molecular complexity index is 488. The van der Waals surface area contributed by atoms with Gasteiger partial charge in [0.05, 0.1) is 10.6 Å². The van der Waals surface area contributed by atoms with E-state index in [1.54, 1.807) is 6.07 Å². The number of anilines is 1. The summed E-state index contributed by atoms with van der Waals surface area (Å²) in [6.45, 7) is 4.71. The van der Waals surface area contributed by atoms with E-state index in [1.807, 2.05) is 12.1 Å². The number of rotatable bonds is 2. The van der Waals surface area contributed by atoms with E-state index in [1.165, 1.54) is 32.1 Å². The van der Waals surface area contributed by atoms with E-state index in [0.717, 1.165) is 5.69 Å². The quantitative estimate of drug-likeness (QED) is 0.773. The van der Waals surface area contributed by atoms with Crippen LogP contribution >= 0.6 is 11.6 Å². The first-order valence-corrected chi connectivity index (χ1v) is 7.34. The maximum Gasteiger partial charge on any atom is 0.101 e. The fourth-order valence-corrected chi connectivity index (χ4v) is 2.90. The van der Waals surface area contributed by atoms with Gasteiger partial charge in [-0.25, -0.2) is 0 Å². The van der Waals surface area contributed by atoms with Gasteiger partial charge in [0, 0.05) is 11.7 Å². The van der Waals surface area contributed by atoms with Crippen LogP contribution in [0.2, 0.25) is 5.02 Å². The maximum atomic E-state index is 9.00. The van der Waals surface area contributed by atoms with Gasteiger partial charge in [-0.3, -0.25) is 0 Å². The van der Waals surface area contributed by atoms with Gasteiger partial charge in [-0.05, 0) is 49.3 Å². The average Bonchev–Trinajstić information content (AvgIpc) is 2.53. The Morgan fingerprint density at radius 1 is 1.32 bits per heavy atom. The number of hydrogen-bond donors (Lipinski definition) is 1. The number of halogens is 1. The van der Waals surface area contributed by atoms with E-state index < -0.39 is 0 Å². The fourth-order valence-electron chi connectivity index (χ4n) is 2.74. The Labute approximate surface area is 120 Å². The van der Waals surface area contributed by atoms with E-state index in [4.69, 9.17) is 16.9 Å². The highest BCUT2D eigenvalue weighted by molar-refractivity contribution is 6.31. The summed E-state index contributed by atoms with van der Waals surface area (Å²) in [5, 5.41) is 13.1. The zero-order chi connectivity index (χ0) is 13.9. The Hall–Kier alpha value is -1.20. The molecule has 0 heterocycles. The predicted molar refractivity (Wildman–Crippen MR) is 80.4 cm³/mol. The molecule has 1 aromatic rings. The lowest BCUT2D eigenvalue weighted by Crippen LogP contribution is -2.19. The van der Waals surface area contributed by atoms with Crippen LogP contribution in [-0.4, -0.2) is 6.04 Å². The number of benzene rings is 1. The molecular weight excluding hydrogens is 256 g/mol. The Morgan fingerprint density at radius 3 is 2.84 bits per heavy atom. The highest BCUT2D eigenvalue weighted by Gasteiger charge is 2.24. The lowest BCUT2D eigenvalue weighted by molar-refractivity contribution is 0.313. The standard InChI is InChI=1S/C16H21ClN2/c1-16(2)8-3-4-13(7-9-16)19-14-5-6-15(17)12(10-14)11-18/h5-6,10,13,19H,3-4,7-9H2,1-2H3. The van der Waals surface area contributed by atoms with Crippen molar-refractivity contribution in [2.75, 3.05) is 5.32 Å². The highest BCUT2D eigenvalue weighted by Crippen LogP contribution is 2.34. The summed E-state index contributed by atoms with van der Waals surface area (Å²) in [5.74, 6) is 0. The van der Waals surface area contributed by atoms with Crippen molar-refractivity contribution in [2.24, 2.45) is 5.41 Å². The lowest BCUT2D eigenvalue weighted by Gasteiger charge is -2.22. The molecule has 2 nitrogen and oxygen atoms in total. The summed E-state index contributed by atoms with van der Waals surface area (Å²) in [6.07, 6.45) is 6.22. The molecular formula is C16H21ClN2. The summed E-state index contributed by atoms with van der Waals surface area (Å²) >= 11 is 5.95. The number of hydrogen-bond acceptors (Lipinski definition) is 2. The second-order valence-electron chi connectivity index (χ2n) is 6.24. The molecule has 1 aliphatic carbocycles. The van der Waals surface area contributed by atoms with Crippen LogP contribution in [0.15, 0.2) is 18.2 Å². The Balaban J connectivity index is 2.03. The van der Waals surface area contributed by atoms with Crippen molar-refractivity contribution in [3.05, 3.63) is 28.8 Å². The third-order valence-corrected chi connectivity index (χ3v) is 4.36. The molecule has 0 spiro atoms. The number of nitrogens with one attached hydrogen (secondary N) is 1. The Kier molecular flexibility index (Phi) is 4.37. The smallest absolute Gasteiger partial charge is 0.101 e. The summed E-state index contributed by atoms with van der Waals surface area (Å²) < 4.78 is 0. The summed E-state index contributed by atoms with van der Waals surface area (Å²) in [5.41, 5.74) is 2.01. The first-order valence-electron chi connectivity index (χ1n) is 6.96. The van der Waals surface area contributed by atoms with E-state index in [2.05, 4.69) is 25.2 Å². The molecule has 1 unspecified atom stereocenters. The maximum absolute atomic E-state index is 9.00. The lowest BCUT2D eigenvalue weighted by atomic mass is 9.85. The predicted octanol–water partition coefficient (Wildman–Crippen LogP) is 4.98. The first kappa shape index (κ1) is 14.2. The molecule has 1 aromatic carbocycles. The zero-order valence-corrected chi connectivity index (χ0v) is 12.4. The molecule has 0 bridgehead atoms. The van der Waals surface area contributed by atoms with Gasteiger partial charge in [-0.2, -0.15) is 5.26 Å². The van der Waals surface area contributed by atoms with Gasteiger partial charge in [-0.1, -0.05) is 31.9 Å². The summed E-state index contributed by atoms with van der Waals surface area (Å²) in [6, 6.07) is 8.23. The molecule has 1 N–H and O–H groups in total. The van der Waals surface area contributed by atoms with Crippen LogP contribution in [-0.2, 0) is 0 Å². The average molecular weight is 277 g/mol. The molecule has 1 atom stereocenters. The molecule has 3 heteroatoms. The minimum atomic E-state index is 0.467. The van der Waals surface area contributed by atoms with Gasteiger partial charge in [-0.15, -0.1) is 0 Å². The van der Waals surface area contributed by atoms with Crippen LogP contribution in [0, 0.1) is 16.7 Å². The topological polar surface area (TPSA) is 35.8 Å². The van der Waals surface area contributed by atoms with Crippen molar-refractivity contribution in [1.82, 2.24) is 0 Å². The van der Waals surface area contributed by atoms with E-state index in [9.17, 15) is 0 Å². The molecule has 19 heavy (non-hydrogen) atoms. The number of nitriles is 1. The largest absolute Gasteiger partial charge is 0.382 e. The van der Waals surface area contributed by atoms with E-state index >= 15 is 0 Å². The van der Waals surface area contributed by atoms with Crippen molar-refractivity contribution in [3.8, 4) is 6.07 Å². The van der Waals surface area contributed by atoms with Crippen LogP contribution in [0.25, 0.3) is 0 Å². The molecule has 0 aliphatic heterocycles. The molecule has 0 amide bonds. The molecule has 1 saturated carbocycles. The van der Waals surface area contributed by atoms with Gasteiger partial charge in [0.25, 0.3) is 0 Å². The van der Waals surface area contributed by atoms with Crippen LogP contribution in [0.5, 0.6) is 0 Å². The minimum Gasteiger partial charge on any atom is -0.382 e. The third-order valence-electron chi connectivity index (χ3n) is 4.03. The van der Waals surface area contributed by atoms with Crippen LogP contribution in [0.3, 0.4) is 0 Å². The number of nitrogens with zero attached hydrogens (tertiary/aromatic N) is 1. The second-order valence-corrected chi connectivity index (χ2v) is 6.65. The van der Waals surface area contributed by atoms with Crippen molar-refractivity contribution in [2.45, 2.75) is 52.0 Å². The van der Waals surface area contributed by atoms with Crippen molar-refractivity contribution in [1.29, 1.82) is 5.26 Å². The minimum absolute atomic E-state index is 0.467. The molecule has 0 saturated heterocycles. The molecule has 0 radical (unpaired) electrons. The molecule has 2 rings (SSSR count). The summed E-state index contributed by atoms with van der Waals surface area (Å²) in [7, 11) is 0. The monoisotopic (exact) mass is 276 g/mol. The molecule has 102 valence electrons. The van der Waals surface area contributed by atoms with E-state index in [0.29, 0.717) is 22.0 Å². The zero-order valence-electron chi connectivity index (χ0n) is 11.7. The van der Waals surface area contributed by atoms with Crippen LogP contribution in [0.4, 0.5) is 5.69 Å². The van der Waals surface area contributed by atoms with Crippen molar-refractivity contribution < 1.29 is 0 Å². The highest BCUT2D eigenvalue weighted by atomic mass is 35.5. The van der Waals surface area contributed by atoms with Crippen molar-refractivity contribution in [3.63, 3.8) is 0 Å². The van der Waals surface area contributed by atoms with Gasteiger partial charge >= 0.3 is 0 Å². The van der Waals surface area contributed by atoms with Gasteiger partial charge < -0.3 is 5.32 Å². The SMILES string of the molecule is CC1(C)CCCC(Nc2ccc(Cl)c(C#N)c2)CC1. The summed E-state index contributed by atoms with van der Waals surface area (Å²) in [4.78, 5) is 0. The van der Waals surface area contributed by atoms with Crippen molar-refractivity contribution >= 4 is 17.3 Å². The van der Waals surface area contributed by atoms with Crippen LogP contribution < -0.4 is 5.32 Å². The van der Waals surface area contributed by atoms with Gasteiger partial charge in [0.2, 0.25) is 0 Å². The first-order chi connectivity index (χ1) is 9.00. The molecule has 1 aliphatic rings. The Morgan fingerprint density at radius 2 is 2.11 bits per heavy atom. The van der Waals surface area contributed by atoms with Gasteiger partial charge in [0.1, 0.15) is 6.07 Å².